The molecule has 1 N–H and O–H groups in total. The van der Waals surface area contributed by atoms with Gasteiger partial charge in [-0.15, -0.1) is 0 Å². The van der Waals surface area contributed by atoms with Gasteiger partial charge in [0.15, 0.2) is 0 Å². The van der Waals surface area contributed by atoms with Gasteiger partial charge in [-0.25, -0.2) is 4.79 Å². The van der Waals surface area contributed by atoms with Gasteiger partial charge in [-0.05, 0) is 6.92 Å². The lowest BCUT2D eigenvalue weighted by molar-refractivity contribution is -0.132. The third-order valence-electron chi connectivity index (χ3n) is 0.365. The van der Waals surface area contributed by atoms with Crippen molar-refractivity contribution in [3.8, 4) is 0 Å². The largest absolute Gasteiger partial charge is 0.478 e. The fourth-order valence-corrected chi connectivity index (χ4v) is 0. The third kappa shape index (κ3) is 1.52. The van der Waals surface area contributed by atoms with Crippen LogP contribution in [0.25, 0.3) is 0 Å². The second kappa shape index (κ2) is 1.60. The van der Waals surface area contributed by atoms with Crippen molar-refractivity contribution < 1.29 is 11.3 Å². The molecule has 0 fully saturated rings. The zero-order chi connectivity index (χ0) is 5.15. The zero-order valence-corrected chi connectivity index (χ0v) is 3.56. The molecule has 0 bridgehead atoms. The highest BCUT2D eigenvalue weighted by Gasteiger charge is 1.90. The van der Waals surface area contributed by atoms with Crippen LogP contribution in [-0.2, 0) is 4.79 Å². The monoisotopic (exact) mass is 89.1 g/mol. The van der Waals surface area contributed by atoms with Crippen LogP contribution < -0.4 is 0 Å². The molecule has 0 aliphatic carbocycles. The van der Waals surface area contributed by atoms with E-state index in [1.807, 2.05) is 0 Å². The van der Waals surface area contributed by atoms with Crippen LogP contribution in [0.1, 0.15) is 8.35 Å². The van der Waals surface area contributed by atoms with Gasteiger partial charge in [-0.2, -0.15) is 0 Å². The van der Waals surface area contributed by atoms with Crippen LogP contribution in [0.15, 0.2) is 12.2 Å². The maximum atomic E-state index is 9.60. The number of aliphatic carboxylic acids is 1. The van der Waals surface area contributed by atoms with Gasteiger partial charge in [0.25, 0.3) is 0 Å². The number of carboxylic acids is 1. The van der Waals surface area contributed by atoms with Crippen LogP contribution in [0.5, 0.6) is 0 Å². The maximum Gasteiger partial charge on any atom is 0.330 e. The summed E-state index contributed by atoms with van der Waals surface area (Å²) >= 11 is 0. The highest BCUT2D eigenvalue weighted by atomic mass is 16.4. The first-order chi connectivity index (χ1) is 2.64. The van der Waals surface area contributed by atoms with E-state index < -0.39 is 5.97 Å². The molecule has 6 heavy (non-hydrogen) atoms. The summed E-state index contributed by atoms with van der Waals surface area (Å²) in [5.41, 5.74) is 0.176. The Morgan fingerprint density at radius 3 is 2.17 bits per heavy atom. The van der Waals surface area contributed by atoms with Crippen LogP contribution in [0.2, 0.25) is 0 Å². The predicted molar refractivity (Wildman–Crippen MR) is 24.6 cm³/mol. The van der Waals surface area contributed by atoms with Crippen molar-refractivity contribution in [3.05, 3.63) is 12.2 Å². The first kappa shape index (κ1) is 5.21. The van der Waals surface area contributed by atoms with Crippen LogP contribution in [0.4, 0.5) is 0 Å². The Morgan fingerprint density at radius 2 is 2.17 bits per heavy atom. The highest BCUT2D eigenvalue weighted by Crippen LogP contribution is 1.81. The van der Waals surface area contributed by atoms with Crippen molar-refractivity contribution in [2.45, 2.75) is 6.92 Å². The topological polar surface area (TPSA) is 37.3 Å². The summed E-state index contributed by atoms with van der Waals surface area (Å²) in [4.78, 5) is 9.60. The van der Waals surface area contributed by atoms with Gasteiger partial charge in [0.1, 0.15) is 0 Å². The smallest absolute Gasteiger partial charge is 0.330 e. The second-order valence-corrected chi connectivity index (χ2v) is 1.09. The lowest BCUT2D eigenvalue weighted by atomic mass is 10.4. The Morgan fingerprint density at radius 1 is 2.00 bits per heavy atom. The minimum absolute atomic E-state index is 0. The molecular weight excluding hydrogens is 80.0 g/mol. The van der Waals surface area contributed by atoms with Crippen molar-refractivity contribution in [1.29, 1.82) is 0 Å². The molecule has 0 saturated heterocycles. The molecule has 0 rings (SSSR count). The first-order valence-electron chi connectivity index (χ1n) is 1.53. The molecule has 0 aliphatic rings. The zero-order valence-electron chi connectivity index (χ0n) is 3.56. The number of carboxylic acid groups (broad SMARTS) is 1. The average molecular weight is 89.1 g/mol. The van der Waals surface area contributed by atoms with E-state index in [1.165, 1.54) is 6.92 Å². The van der Waals surface area contributed by atoms with Gasteiger partial charge >= 0.3 is 5.97 Å². The van der Waals surface area contributed by atoms with Crippen LogP contribution in [-0.4, -0.2) is 11.1 Å². The standard InChI is InChI=1S/C4H6O2.H2/c1-3(2)4(5)6;/h1H2,2H3,(H,5,6);1H/i;1+1. The van der Waals surface area contributed by atoms with E-state index in [-0.39, 0.29) is 7.00 Å². The Hall–Kier alpha value is -0.790. The van der Waals surface area contributed by atoms with Crippen molar-refractivity contribution in [2.24, 2.45) is 0 Å². The van der Waals surface area contributed by atoms with Crippen molar-refractivity contribution in [2.75, 3.05) is 0 Å². The van der Waals surface area contributed by atoms with E-state index in [0.717, 1.165) is 0 Å². The molecule has 0 saturated carbocycles. The van der Waals surface area contributed by atoms with Gasteiger partial charge in [0.2, 0.25) is 0 Å². The molecule has 0 amide bonds. The number of hydrogen-bond donors (Lipinski definition) is 1. The van der Waals surface area contributed by atoms with Gasteiger partial charge in [0, 0.05) is 7.00 Å². The van der Waals surface area contributed by atoms with E-state index in [9.17, 15) is 4.79 Å². The van der Waals surface area contributed by atoms with Gasteiger partial charge in [0.05, 0.1) is 0 Å². The van der Waals surface area contributed by atoms with Crippen LogP contribution >= 0.6 is 0 Å². The quantitative estimate of drug-likeness (QED) is 0.484. The molecule has 0 aromatic carbocycles. The van der Waals surface area contributed by atoms with Gasteiger partial charge in [-0.1, -0.05) is 6.58 Å². The SMILES string of the molecule is C=C(C)C(=O)O.[2HH]. The van der Waals surface area contributed by atoms with E-state index in [0.29, 0.717) is 0 Å². The minimum atomic E-state index is -0.935. The minimum Gasteiger partial charge on any atom is -0.478 e. The molecule has 0 unspecified atom stereocenters. The normalized spacial score (nSPS) is 7.50. The lowest BCUT2D eigenvalue weighted by Gasteiger charge is -1.79. The first-order valence-corrected chi connectivity index (χ1v) is 1.53. The summed E-state index contributed by atoms with van der Waals surface area (Å²) < 4.78 is 0. The summed E-state index contributed by atoms with van der Waals surface area (Å²) in [7, 11) is 0. The molecule has 0 spiro atoms. The van der Waals surface area contributed by atoms with Gasteiger partial charge < -0.3 is 5.11 Å². The summed E-state index contributed by atoms with van der Waals surface area (Å²) in [6.07, 6.45) is 0. The van der Waals surface area contributed by atoms with E-state index in [2.05, 4.69) is 6.58 Å². The Kier molecular flexibility index (Phi) is 1.39. The molecule has 0 heterocycles. The fourth-order valence-electron chi connectivity index (χ4n) is 0. The van der Waals surface area contributed by atoms with Gasteiger partial charge in [-0.3, -0.25) is 0 Å². The maximum absolute atomic E-state index is 9.60. The summed E-state index contributed by atoms with van der Waals surface area (Å²) in [6.45, 7) is 4.60. The van der Waals surface area contributed by atoms with Crippen molar-refractivity contribution >= 4 is 5.97 Å². The molecule has 2 nitrogen and oxygen atoms in total. The lowest BCUT2D eigenvalue weighted by Crippen LogP contribution is -1.92. The summed E-state index contributed by atoms with van der Waals surface area (Å²) in [5, 5.41) is 7.89. The highest BCUT2D eigenvalue weighted by molar-refractivity contribution is 5.84. The molecule has 0 aromatic heterocycles. The Labute approximate surface area is 37.6 Å². The average Bonchev–Trinajstić information content (AvgIpc) is 1.36. The van der Waals surface area contributed by atoms with Crippen molar-refractivity contribution in [1.82, 2.24) is 0 Å². The molecule has 0 aliphatic heterocycles. The molecule has 0 atom stereocenters. The van der Waals surface area contributed by atoms with E-state index in [4.69, 9.17) is 5.11 Å². The number of rotatable bonds is 1. The number of carbonyl (C=O) groups is 1. The fraction of sp³-hybridized carbons (Fsp3) is 0.250. The van der Waals surface area contributed by atoms with Crippen LogP contribution in [0.3, 0.4) is 0 Å². The second-order valence-electron chi connectivity index (χ2n) is 1.09. The van der Waals surface area contributed by atoms with Crippen molar-refractivity contribution in [3.63, 3.8) is 0 Å². The summed E-state index contributed by atoms with van der Waals surface area (Å²) in [5.74, 6) is -0.935. The Bertz CT molecular complexity index is 75.7. The molecule has 0 aromatic rings. The molecule has 2 heteroatoms. The molecule has 0 radical (unpaired) electrons. The van der Waals surface area contributed by atoms with E-state index >= 15 is 0 Å². The number of hydrogen-bond acceptors (Lipinski definition) is 1. The molecular formula is C4H8O2. The molecule has 36 valence electrons. The Balaban J connectivity index is 0. The predicted octanol–water partition coefficient (Wildman–Crippen LogP) is 0.893. The summed E-state index contributed by atoms with van der Waals surface area (Å²) in [6, 6.07) is 0. The van der Waals surface area contributed by atoms with E-state index in [1.54, 1.807) is 0 Å². The third-order valence-corrected chi connectivity index (χ3v) is 0.365. The van der Waals surface area contributed by atoms with Crippen LogP contribution in [0, 0.1) is 0 Å².